The minimum atomic E-state index is -2.98. The number of hydrogen-bond donors (Lipinski definition) is 0. The predicted octanol–water partition coefficient (Wildman–Crippen LogP) is 1.86. The summed E-state index contributed by atoms with van der Waals surface area (Å²) in [7, 11) is -1.31. The van der Waals surface area contributed by atoms with Crippen LogP contribution >= 0.6 is 0 Å². The van der Waals surface area contributed by atoms with E-state index in [0.717, 1.165) is 12.8 Å². The summed E-state index contributed by atoms with van der Waals surface area (Å²) in [6, 6.07) is 0. The highest BCUT2D eigenvalue weighted by Gasteiger charge is 2.24. The Morgan fingerprint density at radius 3 is 1.88 bits per heavy atom. The number of nitrogens with zero attached hydrogens (tertiary/aromatic N) is 1. The summed E-state index contributed by atoms with van der Waals surface area (Å²) in [6.07, 6.45) is 5.75. The van der Waals surface area contributed by atoms with E-state index in [-0.39, 0.29) is 6.10 Å². The zero-order valence-electron chi connectivity index (χ0n) is 10.9. The third kappa shape index (κ3) is 6.45. The Bertz CT molecular complexity index is 254. The van der Waals surface area contributed by atoms with Gasteiger partial charge in [0, 0.05) is 20.2 Å². The molecule has 0 saturated carbocycles. The third-order valence-electron chi connectivity index (χ3n) is 2.70. The van der Waals surface area contributed by atoms with Gasteiger partial charge in [0.15, 0.2) is 0 Å². The van der Waals surface area contributed by atoms with Crippen molar-refractivity contribution in [2.24, 2.45) is 0 Å². The highest BCUT2D eigenvalue weighted by Crippen LogP contribution is 2.14. The van der Waals surface area contributed by atoms with Crippen molar-refractivity contribution in [2.45, 2.75) is 45.6 Å². The Labute approximate surface area is 100 Å². The molecule has 1 fully saturated rings. The predicted molar refractivity (Wildman–Crippen MR) is 67.0 cm³/mol. The number of rotatable bonds is 3. The van der Waals surface area contributed by atoms with Crippen LogP contribution in [0.1, 0.15) is 39.5 Å². The Kier molecular flexibility index (Phi) is 7.97. The molecule has 1 aliphatic heterocycles. The monoisotopic (exact) mass is 251 g/mol. The number of hydrogen-bond acceptors (Lipinski definition) is 3. The standard InChI is InChI=1S/C7H15NO3S.C4H10/c1-11-7-3-5-8(6-4-7)12(2,9)10;1-3-4-2/h7H,3-6H2,1-2H3;3-4H2,1-2H3. The maximum atomic E-state index is 11.1. The van der Waals surface area contributed by atoms with E-state index >= 15 is 0 Å². The van der Waals surface area contributed by atoms with E-state index in [1.165, 1.54) is 23.4 Å². The molecule has 1 heterocycles. The first-order chi connectivity index (χ1) is 7.45. The average Bonchev–Trinajstić information content (AvgIpc) is 2.28. The van der Waals surface area contributed by atoms with Gasteiger partial charge in [-0.05, 0) is 12.8 Å². The first kappa shape index (κ1) is 15.9. The van der Waals surface area contributed by atoms with E-state index in [1.54, 1.807) is 7.11 Å². The van der Waals surface area contributed by atoms with Crippen LogP contribution in [0.15, 0.2) is 0 Å². The Morgan fingerprint density at radius 1 is 1.19 bits per heavy atom. The largest absolute Gasteiger partial charge is 0.381 e. The molecule has 98 valence electrons. The van der Waals surface area contributed by atoms with Crippen molar-refractivity contribution in [3.63, 3.8) is 0 Å². The summed E-state index contributed by atoms with van der Waals surface area (Å²) >= 11 is 0. The number of methoxy groups -OCH3 is 1. The van der Waals surface area contributed by atoms with Crippen molar-refractivity contribution in [3.05, 3.63) is 0 Å². The van der Waals surface area contributed by atoms with Crippen LogP contribution < -0.4 is 0 Å². The molecule has 0 spiro atoms. The lowest BCUT2D eigenvalue weighted by Crippen LogP contribution is -2.39. The molecule has 0 aromatic heterocycles. The van der Waals surface area contributed by atoms with Crippen LogP contribution in [0.5, 0.6) is 0 Å². The fourth-order valence-electron chi connectivity index (χ4n) is 1.40. The van der Waals surface area contributed by atoms with E-state index in [0.29, 0.717) is 13.1 Å². The van der Waals surface area contributed by atoms with Gasteiger partial charge < -0.3 is 4.74 Å². The van der Waals surface area contributed by atoms with Gasteiger partial charge in [0.25, 0.3) is 0 Å². The highest BCUT2D eigenvalue weighted by molar-refractivity contribution is 7.88. The normalized spacial score (nSPS) is 19.0. The van der Waals surface area contributed by atoms with Crippen LogP contribution in [0.3, 0.4) is 0 Å². The van der Waals surface area contributed by atoms with Gasteiger partial charge in [-0.2, -0.15) is 0 Å². The number of sulfonamides is 1. The van der Waals surface area contributed by atoms with Gasteiger partial charge in [-0.1, -0.05) is 26.7 Å². The van der Waals surface area contributed by atoms with Crippen molar-refractivity contribution in [3.8, 4) is 0 Å². The molecule has 0 aliphatic carbocycles. The number of unbranched alkanes of at least 4 members (excludes halogenated alkanes) is 1. The summed E-state index contributed by atoms with van der Waals surface area (Å²) in [5.41, 5.74) is 0. The molecule has 0 aromatic carbocycles. The van der Waals surface area contributed by atoms with E-state index in [1.807, 2.05) is 0 Å². The molecule has 1 aliphatic rings. The van der Waals surface area contributed by atoms with Gasteiger partial charge in [-0.25, -0.2) is 12.7 Å². The van der Waals surface area contributed by atoms with Gasteiger partial charge in [-0.3, -0.25) is 0 Å². The second kappa shape index (κ2) is 8.03. The highest BCUT2D eigenvalue weighted by atomic mass is 32.2. The van der Waals surface area contributed by atoms with Crippen LogP contribution in [0.4, 0.5) is 0 Å². The summed E-state index contributed by atoms with van der Waals surface area (Å²) in [5.74, 6) is 0. The Morgan fingerprint density at radius 2 is 1.62 bits per heavy atom. The van der Waals surface area contributed by atoms with Crippen LogP contribution in [0.2, 0.25) is 0 Å². The fourth-order valence-corrected chi connectivity index (χ4v) is 2.27. The summed E-state index contributed by atoms with van der Waals surface area (Å²) in [4.78, 5) is 0. The van der Waals surface area contributed by atoms with Crippen LogP contribution in [-0.4, -0.2) is 45.3 Å². The molecule has 0 bridgehead atoms. The lowest BCUT2D eigenvalue weighted by molar-refractivity contribution is 0.0606. The van der Waals surface area contributed by atoms with Crippen molar-refractivity contribution >= 4 is 10.0 Å². The quantitative estimate of drug-likeness (QED) is 0.769. The summed E-state index contributed by atoms with van der Waals surface area (Å²) in [6.45, 7) is 5.55. The molecule has 16 heavy (non-hydrogen) atoms. The second-order valence-electron chi connectivity index (χ2n) is 4.10. The Hall–Kier alpha value is -0.130. The molecule has 0 N–H and O–H groups in total. The van der Waals surface area contributed by atoms with Gasteiger partial charge >= 0.3 is 0 Å². The minimum Gasteiger partial charge on any atom is -0.381 e. The SMILES string of the molecule is CCCC.COC1CCN(S(C)(=O)=O)CC1. The van der Waals surface area contributed by atoms with E-state index in [4.69, 9.17) is 4.74 Å². The molecule has 0 unspecified atom stereocenters. The zero-order valence-corrected chi connectivity index (χ0v) is 11.7. The van der Waals surface area contributed by atoms with Crippen molar-refractivity contribution < 1.29 is 13.2 Å². The van der Waals surface area contributed by atoms with E-state index in [2.05, 4.69) is 13.8 Å². The molecule has 4 nitrogen and oxygen atoms in total. The molecule has 0 aromatic rings. The van der Waals surface area contributed by atoms with Gasteiger partial charge in [0.05, 0.1) is 12.4 Å². The summed E-state index contributed by atoms with van der Waals surface area (Å²) in [5, 5.41) is 0. The van der Waals surface area contributed by atoms with Crippen molar-refractivity contribution in [1.82, 2.24) is 4.31 Å². The second-order valence-corrected chi connectivity index (χ2v) is 6.08. The first-order valence-electron chi connectivity index (χ1n) is 5.93. The summed E-state index contributed by atoms with van der Waals surface area (Å²) < 4.78 is 28.8. The smallest absolute Gasteiger partial charge is 0.211 e. The van der Waals surface area contributed by atoms with Gasteiger partial charge in [-0.15, -0.1) is 0 Å². The first-order valence-corrected chi connectivity index (χ1v) is 7.78. The molecule has 0 atom stereocenters. The molecule has 1 rings (SSSR count). The molecule has 5 heteroatoms. The molecule has 1 saturated heterocycles. The van der Waals surface area contributed by atoms with Gasteiger partial charge in [0.1, 0.15) is 0 Å². The van der Waals surface area contributed by atoms with Crippen LogP contribution in [-0.2, 0) is 14.8 Å². The maximum absolute atomic E-state index is 11.1. The fraction of sp³-hybridized carbons (Fsp3) is 1.00. The van der Waals surface area contributed by atoms with Crippen molar-refractivity contribution in [2.75, 3.05) is 26.5 Å². The molecule has 0 radical (unpaired) electrons. The van der Waals surface area contributed by atoms with Crippen LogP contribution in [0, 0.1) is 0 Å². The van der Waals surface area contributed by atoms with E-state index in [9.17, 15) is 8.42 Å². The topological polar surface area (TPSA) is 46.6 Å². The molecular weight excluding hydrogens is 226 g/mol. The average molecular weight is 251 g/mol. The zero-order chi connectivity index (χ0) is 12.6. The number of piperidine rings is 1. The van der Waals surface area contributed by atoms with Crippen LogP contribution in [0.25, 0.3) is 0 Å². The van der Waals surface area contributed by atoms with Crippen molar-refractivity contribution in [1.29, 1.82) is 0 Å². The van der Waals surface area contributed by atoms with E-state index < -0.39 is 10.0 Å². The molecular formula is C11H25NO3S. The lowest BCUT2D eigenvalue weighted by atomic mass is 10.1. The maximum Gasteiger partial charge on any atom is 0.211 e. The number of ether oxygens (including phenoxy) is 1. The van der Waals surface area contributed by atoms with Gasteiger partial charge in [0.2, 0.25) is 10.0 Å². The lowest BCUT2D eigenvalue weighted by Gasteiger charge is -2.29. The Balaban J connectivity index is 0.000000487. The molecule has 0 amide bonds. The third-order valence-corrected chi connectivity index (χ3v) is 4.01. The minimum absolute atomic E-state index is 0.239.